The number of hydrogen-bond donors (Lipinski definition) is 1. The van der Waals surface area contributed by atoms with Gasteiger partial charge in [-0.3, -0.25) is 4.79 Å². The number of benzene rings is 1. The summed E-state index contributed by atoms with van der Waals surface area (Å²) < 4.78 is 7.10. The normalized spacial score (nSPS) is 17.9. The molecule has 1 amide bonds. The van der Waals surface area contributed by atoms with Crippen molar-refractivity contribution >= 4 is 5.91 Å². The van der Waals surface area contributed by atoms with Crippen LogP contribution in [-0.2, 0) is 4.74 Å². The van der Waals surface area contributed by atoms with Crippen molar-refractivity contribution in [1.82, 2.24) is 25.5 Å². The summed E-state index contributed by atoms with van der Waals surface area (Å²) in [6.07, 6.45) is 2.23. The Morgan fingerprint density at radius 3 is 2.86 bits per heavy atom. The fraction of sp³-hybridized carbons (Fsp3) is 0.429. The highest BCUT2D eigenvalue weighted by Gasteiger charge is 2.16. The molecule has 1 aliphatic heterocycles. The van der Waals surface area contributed by atoms with Crippen molar-refractivity contribution in [2.45, 2.75) is 25.9 Å². The van der Waals surface area contributed by atoms with E-state index in [1.807, 2.05) is 19.1 Å². The minimum absolute atomic E-state index is 0.0921. The first-order valence-electron chi connectivity index (χ1n) is 6.99. The van der Waals surface area contributed by atoms with E-state index >= 15 is 0 Å². The summed E-state index contributed by atoms with van der Waals surface area (Å²) in [5, 5.41) is 14.2. The molecule has 3 rings (SSSR count). The van der Waals surface area contributed by atoms with Gasteiger partial charge in [0.25, 0.3) is 5.91 Å². The van der Waals surface area contributed by atoms with Crippen LogP contribution in [0.25, 0.3) is 5.69 Å². The first-order valence-corrected chi connectivity index (χ1v) is 6.99. The molecule has 1 atom stereocenters. The third-order valence-electron chi connectivity index (χ3n) is 3.51. The highest BCUT2D eigenvalue weighted by atomic mass is 16.5. The molecule has 1 aromatic carbocycles. The van der Waals surface area contributed by atoms with Crippen LogP contribution >= 0.6 is 0 Å². The van der Waals surface area contributed by atoms with Crippen LogP contribution in [0.15, 0.2) is 24.3 Å². The van der Waals surface area contributed by atoms with Crippen LogP contribution in [0.2, 0.25) is 0 Å². The summed E-state index contributed by atoms with van der Waals surface area (Å²) in [6, 6.07) is 7.18. The topological polar surface area (TPSA) is 81.9 Å². The summed E-state index contributed by atoms with van der Waals surface area (Å²) in [5.41, 5.74) is 1.44. The highest BCUT2D eigenvalue weighted by molar-refractivity contribution is 5.94. The molecule has 7 nitrogen and oxygen atoms in total. The number of hydrogen-bond acceptors (Lipinski definition) is 5. The number of rotatable bonds is 4. The zero-order chi connectivity index (χ0) is 14.7. The Labute approximate surface area is 122 Å². The van der Waals surface area contributed by atoms with E-state index in [-0.39, 0.29) is 12.0 Å². The third kappa shape index (κ3) is 3.08. The molecule has 21 heavy (non-hydrogen) atoms. The van der Waals surface area contributed by atoms with Gasteiger partial charge in [0.05, 0.1) is 11.8 Å². The Morgan fingerprint density at radius 1 is 1.43 bits per heavy atom. The van der Waals surface area contributed by atoms with Gasteiger partial charge in [-0.1, -0.05) is 0 Å². The summed E-state index contributed by atoms with van der Waals surface area (Å²) in [5.74, 6) is 0.607. The summed E-state index contributed by atoms with van der Waals surface area (Å²) >= 11 is 0. The summed E-state index contributed by atoms with van der Waals surface area (Å²) in [7, 11) is 0. The fourth-order valence-electron chi connectivity index (χ4n) is 2.34. The van der Waals surface area contributed by atoms with Crippen molar-refractivity contribution in [2.24, 2.45) is 0 Å². The molecule has 2 heterocycles. The van der Waals surface area contributed by atoms with Crippen LogP contribution in [0.3, 0.4) is 0 Å². The van der Waals surface area contributed by atoms with Gasteiger partial charge in [-0.05, 0) is 54.5 Å². The molecular weight excluding hydrogens is 270 g/mol. The van der Waals surface area contributed by atoms with Gasteiger partial charge in [0.15, 0.2) is 5.82 Å². The molecule has 0 aliphatic carbocycles. The molecule has 110 valence electrons. The minimum atomic E-state index is -0.0921. The van der Waals surface area contributed by atoms with E-state index in [1.54, 1.807) is 16.8 Å². The maximum atomic E-state index is 12.1. The summed E-state index contributed by atoms with van der Waals surface area (Å²) in [6.45, 7) is 3.18. The smallest absolute Gasteiger partial charge is 0.251 e. The number of carbonyl (C=O) groups is 1. The van der Waals surface area contributed by atoms with Crippen molar-refractivity contribution in [2.75, 3.05) is 13.2 Å². The van der Waals surface area contributed by atoms with E-state index in [0.29, 0.717) is 17.9 Å². The van der Waals surface area contributed by atoms with E-state index in [0.717, 1.165) is 25.1 Å². The lowest BCUT2D eigenvalue weighted by Crippen LogP contribution is -2.31. The van der Waals surface area contributed by atoms with Crippen LogP contribution in [0, 0.1) is 6.92 Å². The molecule has 0 radical (unpaired) electrons. The van der Waals surface area contributed by atoms with Crippen LogP contribution in [0.5, 0.6) is 0 Å². The van der Waals surface area contributed by atoms with E-state index < -0.39 is 0 Å². The molecule has 1 N–H and O–H groups in total. The predicted molar refractivity (Wildman–Crippen MR) is 75.2 cm³/mol. The standard InChI is InChI=1S/C14H17N5O2/c1-10-16-17-18-19(10)12-6-4-11(5-7-12)14(20)15-9-13-3-2-8-21-13/h4-7,13H,2-3,8-9H2,1H3,(H,15,20). The summed E-state index contributed by atoms with van der Waals surface area (Å²) in [4.78, 5) is 12.1. The molecule has 1 aromatic heterocycles. The van der Waals surface area contributed by atoms with Crippen molar-refractivity contribution in [1.29, 1.82) is 0 Å². The van der Waals surface area contributed by atoms with Gasteiger partial charge in [0, 0.05) is 18.7 Å². The number of carbonyl (C=O) groups excluding carboxylic acids is 1. The van der Waals surface area contributed by atoms with E-state index in [4.69, 9.17) is 4.74 Å². The minimum Gasteiger partial charge on any atom is -0.376 e. The number of nitrogens with one attached hydrogen (secondary N) is 1. The van der Waals surface area contributed by atoms with Crippen LogP contribution < -0.4 is 5.32 Å². The first kappa shape index (κ1) is 13.7. The number of tetrazole rings is 1. The predicted octanol–water partition coefficient (Wildman–Crippen LogP) is 0.880. The van der Waals surface area contributed by atoms with Gasteiger partial charge in [-0.25, -0.2) is 0 Å². The van der Waals surface area contributed by atoms with Gasteiger partial charge < -0.3 is 10.1 Å². The van der Waals surface area contributed by atoms with E-state index in [2.05, 4.69) is 20.8 Å². The lowest BCUT2D eigenvalue weighted by molar-refractivity contribution is 0.0858. The zero-order valence-corrected chi connectivity index (χ0v) is 11.8. The molecular formula is C14H17N5O2. The number of aryl methyl sites for hydroxylation is 1. The molecule has 0 spiro atoms. The maximum Gasteiger partial charge on any atom is 0.251 e. The number of nitrogens with zero attached hydrogens (tertiary/aromatic N) is 4. The monoisotopic (exact) mass is 287 g/mol. The second-order valence-corrected chi connectivity index (χ2v) is 5.03. The number of aromatic nitrogens is 4. The third-order valence-corrected chi connectivity index (χ3v) is 3.51. The molecule has 2 aromatic rings. The Hall–Kier alpha value is -2.28. The zero-order valence-electron chi connectivity index (χ0n) is 11.8. The van der Waals surface area contributed by atoms with E-state index in [9.17, 15) is 4.79 Å². The molecule has 0 bridgehead atoms. The molecule has 7 heteroatoms. The van der Waals surface area contributed by atoms with Gasteiger partial charge in [0.2, 0.25) is 0 Å². The molecule has 1 saturated heterocycles. The number of ether oxygens (including phenoxy) is 1. The van der Waals surface area contributed by atoms with E-state index in [1.165, 1.54) is 0 Å². The van der Waals surface area contributed by atoms with Crippen LogP contribution in [0.4, 0.5) is 0 Å². The SMILES string of the molecule is Cc1nnnn1-c1ccc(C(=O)NCC2CCCO2)cc1. The molecule has 1 aliphatic rings. The molecule has 0 saturated carbocycles. The van der Waals surface area contributed by atoms with Gasteiger partial charge in [0.1, 0.15) is 0 Å². The van der Waals surface area contributed by atoms with Gasteiger partial charge in [-0.15, -0.1) is 5.10 Å². The largest absolute Gasteiger partial charge is 0.376 e. The molecule has 1 fully saturated rings. The maximum absolute atomic E-state index is 12.1. The average Bonchev–Trinajstić information content (AvgIpc) is 3.16. The van der Waals surface area contributed by atoms with Crippen molar-refractivity contribution in [3.8, 4) is 5.69 Å². The van der Waals surface area contributed by atoms with Gasteiger partial charge >= 0.3 is 0 Å². The average molecular weight is 287 g/mol. The lowest BCUT2D eigenvalue weighted by atomic mass is 10.2. The van der Waals surface area contributed by atoms with Crippen LogP contribution in [0.1, 0.15) is 29.0 Å². The fourth-order valence-corrected chi connectivity index (χ4v) is 2.34. The molecule has 1 unspecified atom stereocenters. The highest BCUT2D eigenvalue weighted by Crippen LogP contribution is 2.12. The Bertz CT molecular complexity index is 617. The van der Waals surface area contributed by atoms with Crippen LogP contribution in [-0.4, -0.2) is 45.4 Å². The Kier molecular flexibility index (Phi) is 3.92. The van der Waals surface area contributed by atoms with Crippen molar-refractivity contribution in [3.63, 3.8) is 0 Å². The Morgan fingerprint density at radius 2 is 2.24 bits per heavy atom. The Balaban J connectivity index is 1.63. The van der Waals surface area contributed by atoms with Crippen molar-refractivity contribution in [3.05, 3.63) is 35.7 Å². The lowest BCUT2D eigenvalue weighted by Gasteiger charge is -2.11. The second kappa shape index (κ2) is 6.01. The van der Waals surface area contributed by atoms with Gasteiger partial charge in [-0.2, -0.15) is 4.68 Å². The first-order chi connectivity index (χ1) is 10.2. The second-order valence-electron chi connectivity index (χ2n) is 5.03. The van der Waals surface area contributed by atoms with Crippen molar-refractivity contribution < 1.29 is 9.53 Å². The number of amides is 1. The quantitative estimate of drug-likeness (QED) is 0.902.